The molecule has 2 nitrogen and oxygen atoms in total. The van der Waals surface area contributed by atoms with E-state index in [2.05, 4.69) is 5.32 Å². The van der Waals surface area contributed by atoms with Gasteiger partial charge in [-0.2, -0.15) is 13.2 Å². The van der Waals surface area contributed by atoms with Crippen molar-refractivity contribution in [2.75, 3.05) is 5.32 Å². The fourth-order valence-corrected chi connectivity index (χ4v) is 1.92. The van der Waals surface area contributed by atoms with Crippen LogP contribution < -0.4 is 5.32 Å². The number of halogens is 3. The lowest BCUT2D eigenvalue weighted by Gasteiger charge is -2.14. The topological polar surface area (TPSA) is 29.1 Å². The molecule has 0 saturated heterocycles. The molecular weight excluding hydrogens is 279 g/mol. The number of hydrogen-bond donors (Lipinski definition) is 1. The highest BCUT2D eigenvalue weighted by atomic mass is 19.4. The van der Waals surface area contributed by atoms with Crippen LogP contribution in [0.4, 0.5) is 18.9 Å². The van der Waals surface area contributed by atoms with E-state index >= 15 is 0 Å². The maximum Gasteiger partial charge on any atom is 0.416 e. The van der Waals surface area contributed by atoms with Gasteiger partial charge in [-0.3, -0.25) is 4.79 Å². The van der Waals surface area contributed by atoms with Gasteiger partial charge < -0.3 is 5.32 Å². The number of alkyl halides is 3. The first kappa shape index (κ1) is 15.1. The summed E-state index contributed by atoms with van der Waals surface area (Å²) in [6.45, 7) is 1.71. The van der Waals surface area contributed by atoms with Gasteiger partial charge in [-0.25, -0.2) is 0 Å². The minimum atomic E-state index is -4.42. The number of hydrogen-bond acceptors (Lipinski definition) is 1. The van der Waals surface area contributed by atoms with Gasteiger partial charge in [0, 0.05) is 5.69 Å². The third-order valence-corrected chi connectivity index (χ3v) is 3.15. The Bertz CT molecular complexity index is 623. The van der Waals surface area contributed by atoms with Crippen LogP contribution in [0.3, 0.4) is 0 Å². The van der Waals surface area contributed by atoms with E-state index in [1.807, 2.05) is 18.2 Å². The molecule has 0 aliphatic heterocycles. The monoisotopic (exact) mass is 293 g/mol. The SMILES string of the molecule is C[C@H](C(=O)Nc1cccc(C(F)(F)F)c1)c1ccccc1. The zero-order valence-electron chi connectivity index (χ0n) is 11.3. The maximum absolute atomic E-state index is 12.6. The number of benzene rings is 2. The van der Waals surface area contributed by atoms with Crippen molar-refractivity contribution in [1.29, 1.82) is 0 Å². The average molecular weight is 293 g/mol. The highest BCUT2D eigenvalue weighted by Gasteiger charge is 2.30. The van der Waals surface area contributed by atoms with E-state index in [0.717, 1.165) is 17.7 Å². The molecule has 110 valence electrons. The Morgan fingerprint density at radius 1 is 1.05 bits per heavy atom. The molecule has 0 unspecified atom stereocenters. The van der Waals surface area contributed by atoms with Crippen LogP contribution in [0, 0.1) is 0 Å². The van der Waals surface area contributed by atoms with Crippen molar-refractivity contribution in [2.45, 2.75) is 19.0 Å². The van der Waals surface area contributed by atoms with Gasteiger partial charge in [-0.1, -0.05) is 36.4 Å². The molecule has 0 aliphatic carbocycles. The van der Waals surface area contributed by atoms with E-state index in [4.69, 9.17) is 0 Å². The van der Waals surface area contributed by atoms with Crippen molar-refractivity contribution in [1.82, 2.24) is 0 Å². The molecule has 0 bridgehead atoms. The first-order valence-corrected chi connectivity index (χ1v) is 6.41. The second kappa shape index (κ2) is 5.99. The lowest BCUT2D eigenvalue weighted by atomic mass is 10.0. The summed E-state index contributed by atoms with van der Waals surface area (Å²) in [5.41, 5.74) is 0.159. The highest BCUT2D eigenvalue weighted by molar-refractivity contribution is 5.95. The van der Waals surface area contributed by atoms with Gasteiger partial charge in [-0.05, 0) is 30.7 Å². The largest absolute Gasteiger partial charge is 0.416 e. The zero-order valence-corrected chi connectivity index (χ0v) is 11.3. The quantitative estimate of drug-likeness (QED) is 0.890. The number of anilines is 1. The van der Waals surface area contributed by atoms with E-state index in [9.17, 15) is 18.0 Å². The summed E-state index contributed by atoms with van der Waals surface area (Å²) < 4.78 is 37.8. The molecule has 2 aromatic carbocycles. The minimum absolute atomic E-state index is 0.137. The standard InChI is InChI=1S/C16H14F3NO/c1-11(12-6-3-2-4-7-12)15(21)20-14-9-5-8-13(10-14)16(17,18)19/h2-11H,1H3,(H,20,21)/t11-/m0/s1. The number of amides is 1. The molecule has 0 spiro atoms. The lowest BCUT2D eigenvalue weighted by molar-refractivity contribution is -0.137. The van der Waals surface area contributed by atoms with Gasteiger partial charge in [0.1, 0.15) is 0 Å². The maximum atomic E-state index is 12.6. The molecule has 0 saturated carbocycles. The Kier molecular flexibility index (Phi) is 4.31. The molecule has 0 aliphatic rings. The Morgan fingerprint density at radius 3 is 2.33 bits per heavy atom. The smallest absolute Gasteiger partial charge is 0.326 e. The molecule has 1 amide bonds. The van der Waals surface area contributed by atoms with E-state index in [-0.39, 0.29) is 11.6 Å². The van der Waals surface area contributed by atoms with Crippen molar-refractivity contribution >= 4 is 11.6 Å². The molecular formula is C16H14F3NO. The van der Waals surface area contributed by atoms with Crippen LogP contribution in [0.5, 0.6) is 0 Å². The molecule has 2 rings (SSSR count). The fourth-order valence-electron chi connectivity index (χ4n) is 1.92. The first-order chi connectivity index (χ1) is 9.88. The zero-order chi connectivity index (χ0) is 15.5. The summed E-state index contributed by atoms with van der Waals surface area (Å²) >= 11 is 0. The van der Waals surface area contributed by atoms with Crippen LogP contribution in [0.2, 0.25) is 0 Å². The van der Waals surface area contributed by atoms with Crippen molar-refractivity contribution in [3.8, 4) is 0 Å². The number of carbonyl (C=O) groups excluding carboxylic acids is 1. The van der Waals surface area contributed by atoms with Gasteiger partial charge in [-0.15, -0.1) is 0 Å². The number of nitrogens with one attached hydrogen (secondary N) is 1. The van der Waals surface area contributed by atoms with Gasteiger partial charge in [0.2, 0.25) is 5.91 Å². The molecule has 0 aromatic heterocycles. The summed E-state index contributed by atoms with van der Waals surface area (Å²) in [5.74, 6) is -0.790. The van der Waals surface area contributed by atoms with Crippen molar-refractivity contribution in [3.05, 3.63) is 65.7 Å². The predicted octanol–water partition coefficient (Wildman–Crippen LogP) is 4.45. The molecule has 5 heteroatoms. The Labute approximate surface area is 120 Å². The Hall–Kier alpha value is -2.30. The van der Waals surface area contributed by atoms with Crippen LogP contribution in [0.15, 0.2) is 54.6 Å². The van der Waals surface area contributed by atoms with E-state index in [1.54, 1.807) is 19.1 Å². The van der Waals surface area contributed by atoms with Crippen LogP contribution in [-0.4, -0.2) is 5.91 Å². The summed E-state index contributed by atoms with van der Waals surface area (Å²) in [7, 11) is 0. The van der Waals surface area contributed by atoms with Gasteiger partial charge in [0.25, 0.3) is 0 Å². The third-order valence-electron chi connectivity index (χ3n) is 3.15. The molecule has 0 radical (unpaired) electrons. The van der Waals surface area contributed by atoms with Gasteiger partial charge >= 0.3 is 6.18 Å². The Morgan fingerprint density at radius 2 is 1.71 bits per heavy atom. The number of carbonyl (C=O) groups is 1. The lowest BCUT2D eigenvalue weighted by Crippen LogP contribution is -2.19. The first-order valence-electron chi connectivity index (χ1n) is 6.41. The van der Waals surface area contributed by atoms with Crippen molar-refractivity contribution in [2.24, 2.45) is 0 Å². The van der Waals surface area contributed by atoms with Crippen LogP contribution >= 0.6 is 0 Å². The molecule has 1 N–H and O–H groups in total. The van der Waals surface area contributed by atoms with E-state index in [1.165, 1.54) is 12.1 Å². The molecule has 1 atom stereocenters. The summed E-state index contributed by atoms with van der Waals surface area (Å²) in [4.78, 5) is 12.1. The van der Waals surface area contributed by atoms with Crippen molar-refractivity contribution < 1.29 is 18.0 Å². The average Bonchev–Trinajstić information content (AvgIpc) is 2.47. The fraction of sp³-hybridized carbons (Fsp3) is 0.188. The third kappa shape index (κ3) is 3.84. The second-order valence-electron chi connectivity index (χ2n) is 4.70. The number of rotatable bonds is 3. The summed E-state index contributed by atoms with van der Waals surface area (Å²) in [5, 5.41) is 2.51. The highest BCUT2D eigenvalue weighted by Crippen LogP contribution is 2.30. The van der Waals surface area contributed by atoms with E-state index in [0.29, 0.717) is 0 Å². The molecule has 2 aromatic rings. The van der Waals surface area contributed by atoms with Crippen LogP contribution in [0.25, 0.3) is 0 Å². The van der Waals surface area contributed by atoms with Crippen LogP contribution in [0.1, 0.15) is 24.0 Å². The van der Waals surface area contributed by atoms with Crippen molar-refractivity contribution in [3.63, 3.8) is 0 Å². The predicted molar refractivity (Wildman–Crippen MR) is 74.9 cm³/mol. The molecule has 0 fully saturated rings. The summed E-state index contributed by atoms with van der Waals surface area (Å²) in [6.07, 6.45) is -4.42. The minimum Gasteiger partial charge on any atom is -0.326 e. The molecule has 21 heavy (non-hydrogen) atoms. The second-order valence-corrected chi connectivity index (χ2v) is 4.70. The normalized spacial score (nSPS) is 12.8. The van der Waals surface area contributed by atoms with Crippen LogP contribution in [-0.2, 0) is 11.0 Å². The van der Waals surface area contributed by atoms with E-state index < -0.39 is 17.7 Å². The molecule has 0 heterocycles. The van der Waals surface area contributed by atoms with Gasteiger partial charge in [0.05, 0.1) is 11.5 Å². The summed E-state index contributed by atoms with van der Waals surface area (Å²) in [6, 6.07) is 13.7. The van der Waals surface area contributed by atoms with Gasteiger partial charge in [0.15, 0.2) is 0 Å². The Balaban J connectivity index is 2.13.